The molecule has 6 nitrogen and oxygen atoms in total. The molecule has 0 aliphatic rings. The Hall–Kier alpha value is -2.54. The zero-order valence-corrected chi connectivity index (χ0v) is 15.1. The molecule has 1 N–H and O–H groups in total. The van der Waals surface area contributed by atoms with Crippen LogP contribution in [0.3, 0.4) is 0 Å². The van der Waals surface area contributed by atoms with E-state index in [1.165, 1.54) is 29.2 Å². The van der Waals surface area contributed by atoms with Crippen LogP contribution in [0.25, 0.3) is 11.7 Å². The predicted molar refractivity (Wildman–Crippen MR) is 95.2 cm³/mol. The SMILES string of the molecule is Cc1ccc([C@H](C)NC(=O)CSc2nnc(-c3ccco3)o2)cc1C. The second-order valence-electron chi connectivity index (χ2n) is 5.77. The van der Waals surface area contributed by atoms with Gasteiger partial charge in [0.2, 0.25) is 5.91 Å². The van der Waals surface area contributed by atoms with Crippen LogP contribution >= 0.6 is 11.8 Å². The van der Waals surface area contributed by atoms with Crippen molar-refractivity contribution >= 4 is 17.7 Å². The van der Waals surface area contributed by atoms with Crippen LogP contribution in [0.5, 0.6) is 0 Å². The molecule has 7 heteroatoms. The van der Waals surface area contributed by atoms with Crippen LogP contribution in [0.1, 0.15) is 29.7 Å². The van der Waals surface area contributed by atoms with Crippen LogP contribution in [0.4, 0.5) is 0 Å². The van der Waals surface area contributed by atoms with Crippen LogP contribution < -0.4 is 5.32 Å². The van der Waals surface area contributed by atoms with E-state index in [-0.39, 0.29) is 17.7 Å². The second-order valence-corrected chi connectivity index (χ2v) is 6.70. The van der Waals surface area contributed by atoms with Crippen LogP contribution in [-0.4, -0.2) is 21.9 Å². The van der Waals surface area contributed by atoms with Gasteiger partial charge in [-0.15, -0.1) is 10.2 Å². The predicted octanol–water partition coefficient (Wildman–Crippen LogP) is 3.92. The van der Waals surface area contributed by atoms with Crippen molar-refractivity contribution < 1.29 is 13.6 Å². The summed E-state index contributed by atoms with van der Waals surface area (Å²) in [6.45, 7) is 6.10. The third-order valence-electron chi connectivity index (χ3n) is 3.87. The lowest BCUT2D eigenvalue weighted by Crippen LogP contribution is -2.28. The summed E-state index contributed by atoms with van der Waals surface area (Å²) >= 11 is 1.20. The van der Waals surface area contributed by atoms with Gasteiger partial charge in [-0.1, -0.05) is 30.0 Å². The molecule has 0 fully saturated rings. The van der Waals surface area contributed by atoms with Gasteiger partial charge in [0, 0.05) is 0 Å². The first kappa shape index (κ1) is 17.3. The molecule has 130 valence electrons. The van der Waals surface area contributed by atoms with E-state index in [4.69, 9.17) is 8.83 Å². The number of amides is 1. The number of rotatable bonds is 6. The number of furan rings is 1. The highest BCUT2D eigenvalue weighted by atomic mass is 32.2. The molecule has 3 rings (SSSR count). The van der Waals surface area contributed by atoms with Crippen LogP contribution in [0, 0.1) is 13.8 Å². The van der Waals surface area contributed by atoms with Crippen molar-refractivity contribution in [3.8, 4) is 11.7 Å². The minimum absolute atomic E-state index is 0.0613. The third-order valence-corrected chi connectivity index (χ3v) is 4.69. The summed E-state index contributed by atoms with van der Waals surface area (Å²) in [5, 5.41) is 11.1. The highest BCUT2D eigenvalue weighted by Crippen LogP contribution is 2.23. The first-order chi connectivity index (χ1) is 12.0. The topological polar surface area (TPSA) is 81.2 Å². The van der Waals surface area contributed by atoms with Crippen LogP contribution in [0.15, 0.2) is 50.7 Å². The molecule has 0 saturated carbocycles. The number of aromatic nitrogens is 2. The minimum Gasteiger partial charge on any atom is -0.459 e. The molecule has 1 aromatic carbocycles. The number of carbonyl (C=O) groups excluding carboxylic acids is 1. The molecule has 0 aliphatic heterocycles. The van der Waals surface area contributed by atoms with Gasteiger partial charge in [0.25, 0.3) is 11.1 Å². The van der Waals surface area contributed by atoms with Gasteiger partial charge < -0.3 is 14.2 Å². The fourth-order valence-corrected chi connectivity index (χ4v) is 2.87. The van der Waals surface area contributed by atoms with E-state index in [1.807, 2.05) is 13.0 Å². The number of aryl methyl sites for hydroxylation is 2. The van der Waals surface area contributed by atoms with Crippen molar-refractivity contribution in [3.05, 3.63) is 53.3 Å². The molecule has 1 amide bonds. The summed E-state index contributed by atoms with van der Waals surface area (Å²) in [5.41, 5.74) is 3.53. The lowest BCUT2D eigenvalue weighted by molar-refractivity contribution is -0.119. The van der Waals surface area contributed by atoms with Gasteiger partial charge in [0.15, 0.2) is 5.76 Å². The number of thioether (sulfide) groups is 1. The molecule has 0 unspecified atom stereocenters. The van der Waals surface area contributed by atoms with E-state index in [2.05, 4.69) is 41.5 Å². The van der Waals surface area contributed by atoms with E-state index in [9.17, 15) is 4.79 Å². The standard InChI is InChI=1S/C18H19N3O3S/c1-11-6-7-14(9-12(11)2)13(3)19-16(22)10-25-18-21-20-17(24-18)15-5-4-8-23-15/h4-9,13H,10H2,1-3H3,(H,19,22)/t13-/m0/s1. The summed E-state index contributed by atoms with van der Waals surface area (Å²) < 4.78 is 10.7. The minimum atomic E-state index is -0.0894. The van der Waals surface area contributed by atoms with Gasteiger partial charge in [-0.2, -0.15) is 0 Å². The first-order valence-corrected chi connectivity index (χ1v) is 8.88. The van der Waals surface area contributed by atoms with Crippen molar-refractivity contribution in [2.45, 2.75) is 32.0 Å². The maximum absolute atomic E-state index is 12.1. The van der Waals surface area contributed by atoms with E-state index in [0.29, 0.717) is 16.9 Å². The Morgan fingerprint density at radius 1 is 1.24 bits per heavy atom. The molecule has 0 radical (unpaired) electrons. The molecule has 0 spiro atoms. The zero-order valence-electron chi connectivity index (χ0n) is 14.3. The number of nitrogens with zero attached hydrogens (tertiary/aromatic N) is 2. The average molecular weight is 357 g/mol. The first-order valence-electron chi connectivity index (χ1n) is 7.89. The van der Waals surface area contributed by atoms with Gasteiger partial charge in [0.1, 0.15) is 0 Å². The summed E-state index contributed by atoms with van der Waals surface area (Å²) in [7, 11) is 0. The van der Waals surface area contributed by atoms with Crippen LogP contribution in [-0.2, 0) is 4.79 Å². The van der Waals surface area contributed by atoms with Crippen LogP contribution in [0.2, 0.25) is 0 Å². The number of hydrogen-bond acceptors (Lipinski definition) is 6. The molecule has 1 atom stereocenters. The number of carbonyl (C=O) groups is 1. The third kappa shape index (κ3) is 4.30. The maximum Gasteiger partial charge on any atom is 0.284 e. The maximum atomic E-state index is 12.1. The van der Waals surface area contributed by atoms with Crippen molar-refractivity contribution in [2.75, 3.05) is 5.75 Å². The number of hydrogen-bond donors (Lipinski definition) is 1. The van der Waals surface area contributed by atoms with Gasteiger partial charge in [-0.3, -0.25) is 4.79 Å². The van der Waals surface area contributed by atoms with Crippen molar-refractivity contribution in [1.82, 2.24) is 15.5 Å². The summed E-state index contributed by atoms with van der Waals surface area (Å²) in [6.07, 6.45) is 1.54. The van der Waals surface area contributed by atoms with Gasteiger partial charge in [0.05, 0.1) is 18.1 Å². The second kappa shape index (κ2) is 7.57. The van der Waals surface area contributed by atoms with Crippen molar-refractivity contribution in [2.24, 2.45) is 0 Å². The lowest BCUT2D eigenvalue weighted by atomic mass is 10.0. The van der Waals surface area contributed by atoms with Gasteiger partial charge >= 0.3 is 0 Å². The van der Waals surface area contributed by atoms with Gasteiger partial charge in [-0.25, -0.2) is 0 Å². The van der Waals surface area contributed by atoms with E-state index in [1.54, 1.807) is 12.1 Å². The lowest BCUT2D eigenvalue weighted by Gasteiger charge is -2.15. The number of nitrogens with one attached hydrogen (secondary N) is 1. The van der Waals surface area contributed by atoms with Crippen molar-refractivity contribution in [1.29, 1.82) is 0 Å². The summed E-state index contributed by atoms with van der Waals surface area (Å²) in [4.78, 5) is 12.1. The Bertz CT molecular complexity index is 858. The largest absolute Gasteiger partial charge is 0.459 e. The highest BCUT2D eigenvalue weighted by molar-refractivity contribution is 7.99. The normalized spacial score (nSPS) is 12.1. The Balaban J connectivity index is 1.53. The quantitative estimate of drug-likeness (QED) is 0.674. The molecule has 0 saturated heterocycles. The fourth-order valence-electron chi connectivity index (χ4n) is 2.30. The Morgan fingerprint density at radius 3 is 2.80 bits per heavy atom. The van der Waals surface area contributed by atoms with E-state index < -0.39 is 0 Å². The molecule has 3 aromatic rings. The number of benzene rings is 1. The van der Waals surface area contributed by atoms with E-state index >= 15 is 0 Å². The molecule has 2 heterocycles. The Morgan fingerprint density at radius 2 is 2.08 bits per heavy atom. The smallest absolute Gasteiger partial charge is 0.284 e. The highest BCUT2D eigenvalue weighted by Gasteiger charge is 2.14. The van der Waals surface area contributed by atoms with Gasteiger partial charge in [-0.05, 0) is 49.6 Å². The monoisotopic (exact) mass is 357 g/mol. The average Bonchev–Trinajstić information content (AvgIpc) is 3.26. The summed E-state index contributed by atoms with van der Waals surface area (Å²) in [6, 6.07) is 9.62. The Labute approximate surface area is 150 Å². The zero-order chi connectivity index (χ0) is 17.8. The fraction of sp³-hybridized carbons (Fsp3) is 0.278. The molecule has 0 aliphatic carbocycles. The molecule has 25 heavy (non-hydrogen) atoms. The molecular formula is C18H19N3O3S. The summed E-state index contributed by atoms with van der Waals surface area (Å²) in [5.74, 6) is 0.923. The molecule has 0 bridgehead atoms. The Kier molecular flexibility index (Phi) is 5.23. The van der Waals surface area contributed by atoms with Crippen molar-refractivity contribution in [3.63, 3.8) is 0 Å². The molecule has 2 aromatic heterocycles. The van der Waals surface area contributed by atoms with E-state index in [0.717, 1.165) is 5.56 Å². The molecular weight excluding hydrogens is 338 g/mol.